The molecule has 0 unspecified atom stereocenters. The molecule has 15 rings (SSSR count). The normalized spacial score (nSPS) is 15.0. The lowest BCUT2D eigenvalue weighted by Crippen LogP contribution is -2.16. The molecule has 1 aromatic heterocycles. The number of Topliss-reactive ketones (excluding diaryl/α,β-unsaturated/α-hetero) is 2. The molecule has 9 aromatic carbocycles. The summed E-state index contributed by atoms with van der Waals surface area (Å²) in [6.07, 6.45) is 1.21. The lowest BCUT2D eigenvalue weighted by atomic mass is 9.84. The largest absolute Gasteiger partial charge is 0.354 e. The van der Waals surface area contributed by atoms with Crippen LogP contribution in [-0.2, 0) is 25.6 Å². The first kappa shape index (κ1) is 49.0. The lowest BCUT2D eigenvalue weighted by molar-refractivity contribution is -0.116. The van der Waals surface area contributed by atoms with Gasteiger partial charge in [-0.2, -0.15) is 0 Å². The van der Waals surface area contributed by atoms with E-state index in [1.165, 1.54) is 0 Å². The zero-order valence-electron chi connectivity index (χ0n) is 43.0. The van der Waals surface area contributed by atoms with Gasteiger partial charge in [-0.15, -0.1) is 0 Å². The number of amides is 2. The first-order valence-electron chi connectivity index (χ1n) is 26.4. The summed E-state index contributed by atoms with van der Waals surface area (Å²) in [6.45, 7) is 0. The van der Waals surface area contributed by atoms with Crippen molar-refractivity contribution in [1.29, 1.82) is 0 Å². The molecule has 10 aromatic rings. The van der Waals surface area contributed by atoms with E-state index in [1.807, 2.05) is 206 Å². The van der Waals surface area contributed by atoms with Crippen LogP contribution in [0.25, 0.3) is 66.6 Å². The number of ketones is 3. The molecular formula is C71H47N3O6. The lowest BCUT2D eigenvalue weighted by Gasteiger charge is -2.19. The molecule has 9 nitrogen and oxygen atoms in total. The third kappa shape index (κ3) is 8.82. The van der Waals surface area contributed by atoms with Crippen LogP contribution in [0.15, 0.2) is 258 Å². The second-order valence-electron chi connectivity index (χ2n) is 20.2. The van der Waals surface area contributed by atoms with Gasteiger partial charge in [-0.25, -0.2) is 0 Å². The van der Waals surface area contributed by atoms with Crippen molar-refractivity contribution in [1.82, 2.24) is 15.6 Å². The summed E-state index contributed by atoms with van der Waals surface area (Å²) in [7, 11) is 0. The van der Waals surface area contributed by atoms with Crippen LogP contribution < -0.4 is 16.1 Å². The number of rotatable bonds is 6. The monoisotopic (exact) mass is 1040 g/mol. The molecule has 2 amide bonds. The molecule has 3 heterocycles. The smallest absolute Gasteiger partial charge is 0.256 e. The molecule has 0 fully saturated rings. The molecule has 382 valence electrons. The van der Waals surface area contributed by atoms with E-state index < -0.39 is 0 Å². The van der Waals surface area contributed by atoms with Crippen LogP contribution >= 0.6 is 0 Å². The van der Waals surface area contributed by atoms with Crippen molar-refractivity contribution in [3.05, 3.63) is 308 Å². The van der Waals surface area contributed by atoms with E-state index in [9.17, 15) is 28.8 Å². The Bertz CT molecular complexity index is 4250. The summed E-state index contributed by atoms with van der Waals surface area (Å²) in [4.78, 5) is 79.8. The first-order valence-corrected chi connectivity index (χ1v) is 26.4. The maximum absolute atomic E-state index is 13.1. The molecule has 3 N–H and O–H groups in total. The predicted octanol–water partition coefficient (Wildman–Crippen LogP) is 13.1. The van der Waals surface area contributed by atoms with Crippen LogP contribution in [-0.4, -0.2) is 34.1 Å². The quantitative estimate of drug-likeness (QED) is 0.142. The number of aromatic nitrogens is 1. The second-order valence-corrected chi connectivity index (χ2v) is 20.2. The highest BCUT2D eigenvalue weighted by atomic mass is 16.2. The fraction of sp³-hybridized carbons (Fsp3) is 0.0423. The summed E-state index contributed by atoms with van der Waals surface area (Å²) >= 11 is 0. The average molecular weight is 1040 g/mol. The minimum atomic E-state index is -0.204. The molecule has 80 heavy (non-hydrogen) atoms. The van der Waals surface area contributed by atoms with E-state index in [0.29, 0.717) is 68.4 Å². The zero-order valence-corrected chi connectivity index (χ0v) is 43.0. The molecule has 0 bridgehead atoms. The van der Waals surface area contributed by atoms with Gasteiger partial charge in [0.1, 0.15) is 0 Å². The van der Waals surface area contributed by atoms with Gasteiger partial charge < -0.3 is 15.6 Å². The molecular weight excluding hydrogens is 991 g/mol. The fourth-order valence-electron chi connectivity index (χ4n) is 11.5. The number of hydrogen-bond donors (Lipinski definition) is 3. The van der Waals surface area contributed by atoms with Crippen molar-refractivity contribution in [2.24, 2.45) is 0 Å². The first-order chi connectivity index (χ1) is 39.2. The van der Waals surface area contributed by atoms with Crippen molar-refractivity contribution in [2.45, 2.75) is 19.3 Å². The SMILES string of the molecule is O=C1CC(c2ccc(-c3ccccc3)cc2)=C2C(=O)NC(c3ccc(-c4ccccc4)cc3)=C12.O=C1CC(c2ccccc2)=C2C(=O)NC(c3ccccc3)=C12.O=C1c2ccccc2Cc2cc3c(=O)c4ccccc4[nH]c3cc21. The Morgan fingerprint density at radius 1 is 0.300 bits per heavy atom. The third-order valence-electron chi connectivity index (χ3n) is 15.4. The molecule has 0 atom stereocenters. The van der Waals surface area contributed by atoms with Crippen LogP contribution in [0.2, 0.25) is 0 Å². The molecule has 3 aliphatic carbocycles. The van der Waals surface area contributed by atoms with Gasteiger partial charge in [0.15, 0.2) is 22.8 Å². The Kier molecular flexibility index (Phi) is 12.5. The van der Waals surface area contributed by atoms with Gasteiger partial charge in [0.25, 0.3) is 11.8 Å². The molecule has 5 aliphatic rings. The Hall–Kier alpha value is -10.6. The maximum atomic E-state index is 13.1. The molecule has 9 heteroatoms. The van der Waals surface area contributed by atoms with Crippen molar-refractivity contribution in [3.63, 3.8) is 0 Å². The fourth-order valence-corrected chi connectivity index (χ4v) is 11.5. The highest BCUT2D eigenvalue weighted by Gasteiger charge is 2.42. The highest BCUT2D eigenvalue weighted by Crippen LogP contribution is 2.44. The van der Waals surface area contributed by atoms with E-state index in [1.54, 1.807) is 0 Å². The molecule has 0 saturated carbocycles. The minimum Gasteiger partial charge on any atom is -0.354 e. The van der Waals surface area contributed by atoms with Gasteiger partial charge in [0.05, 0.1) is 39.2 Å². The average Bonchev–Trinajstić information content (AvgIpc) is 4.29. The summed E-state index contributed by atoms with van der Waals surface area (Å²) in [5.41, 5.74) is 17.9. The van der Waals surface area contributed by atoms with Gasteiger partial charge in [-0.1, -0.05) is 206 Å². The van der Waals surface area contributed by atoms with E-state index in [0.717, 1.165) is 77.9 Å². The number of carbonyl (C=O) groups excluding carboxylic acids is 5. The number of fused-ring (bicyclic) bond motifs is 6. The Morgan fingerprint density at radius 3 is 1.26 bits per heavy atom. The number of H-pyrrole nitrogens is 1. The number of carbonyl (C=O) groups is 5. The maximum Gasteiger partial charge on any atom is 0.256 e. The van der Waals surface area contributed by atoms with Crippen LogP contribution in [0.1, 0.15) is 62.1 Å². The highest BCUT2D eigenvalue weighted by molar-refractivity contribution is 6.32. The van der Waals surface area contributed by atoms with Crippen molar-refractivity contribution < 1.29 is 24.0 Å². The number of hydrogen-bond acceptors (Lipinski definition) is 6. The number of allylic oxidation sites excluding steroid dienone is 2. The van der Waals surface area contributed by atoms with E-state index >= 15 is 0 Å². The van der Waals surface area contributed by atoms with E-state index in [-0.39, 0.29) is 41.0 Å². The third-order valence-corrected chi connectivity index (χ3v) is 15.4. The Labute approximate surface area is 460 Å². The number of para-hydroxylation sites is 1. The molecule has 2 aliphatic heterocycles. The van der Waals surface area contributed by atoms with Gasteiger partial charge in [0.2, 0.25) is 0 Å². The summed E-state index contributed by atoms with van der Waals surface area (Å²) in [5, 5.41) is 7.14. The van der Waals surface area contributed by atoms with E-state index in [2.05, 4.69) is 39.9 Å². The minimum absolute atomic E-state index is 0.00561. The number of pyridine rings is 1. The number of nitrogens with one attached hydrogen (secondary N) is 3. The van der Waals surface area contributed by atoms with Crippen LogP contribution in [0.4, 0.5) is 0 Å². The summed E-state index contributed by atoms with van der Waals surface area (Å²) in [5.74, 6) is -0.366. The Balaban J connectivity index is 0.000000117. The Morgan fingerprint density at radius 2 is 0.713 bits per heavy atom. The summed E-state index contributed by atoms with van der Waals surface area (Å²) < 4.78 is 0. The molecule has 0 spiro atoms. The van der Waals surface area contributed by atoms with Crippen molar-refractivity contribution >= 4 is 73.5 Å². The van der Waals surface area contributed by atoms with Gasteiger partial charge in [-0.3, -0.25) is 28.8 Å². The topological polar surface area (TPSA) is 142 Å². The summed E-state index contributed by atoms with van der Waals surface area (Å²) in [6, 6.07) is 74.3. The van der Waals surface area contributed by atoms with Crippen molar-refractivity contribution in [3.8, 4) is 22.3 Å². The zero-order chi connectivity index (χ0) is 54.4. The van der Waals surface area contributed by atoms with Gasteiger partial charge in [-0.05, 0) is 97.5 Å². The molecule has 0 saturated heterocycles. The molecule has 0 radical (unpaired) electrons. The standard InChI is InChI=1S/C31H21NO2.C21H13NO2.C19H13NO2/c33-27-19-26(24-15-11-22(12-16-24)20-7-3-1-4-8-20)28-29(27)30(32-31(28)34)25-17-13-23(14-18-25)21-9-5-2-6-10-21;23-20-14-6-2-1-5-12(14)9-13-10-17-19(11-16(13)20)22-18-8-4-3-7-15(18)21(17)24;21-15-11-14(12-7-3-1-4-8-12)16-17(15)18(20-19(16)22)13-9-5-2-6-10-13/h1-18H,19H2,(H,32,34);1-8,10-11H,9H2,(H,22,24);1-10H,11H2,(H,20,22). The number of benzene rings is 9. The van der Waals surface area contributed by atoms with Crippen LogP contribution in [0, 0.1) is 0 Å². The predicted molar refractivity (Wildman–Crippen MR) is 315 cm³/mol. The van der Waals surface area contributed by atoms with Gasteiger partial charge in [0, 0.05) is 40.3 Å². The van der Waals surface area contributed by atoms with Gasteiger partial charge >= 0.3 is 0 Å². The van der Waals surface area contributed by atoms with Crippen LogP contribution in [0.3, 0.4) is 0 Å². The van der Waals surface area contributed by atoms with E-state index in [4.69, 9.17) is 0 Å². The number of aromatic amines is 1. The van der Waals surface area contributed by atoms with Crippen molar-refractivity contribution in [2.75, 3.05) is 0 Å². The van der Waals surface area contributed by atoms with Crippen LogP contribution in [0.5, 0.6) is 0 Å². The second kappa shape index (κ2) is 20.4.